The molecule has 0 fully saturated rings. The van der Waals surface area contributed by atoms with Gasteiger partial charge in [0, 0.05) is 68.0 Å². The van der Waals surface area contributed by atoms with Crippen molar-refractivity contribution >= 4 is 12.1 Å². The van der Waals surface area contributed by atoms with Gasteiger partial charge in [-0.2, -0.15) is 8.78 Å². The first kappa shape index (κ1) is 30.3. The fraction of sp³-hybridized carbons (Fsp3) is 0.310. The van der Waals surface area contributed by atoms with Gasteiger partial charge in [-0.3, -0.25) is 9.78 Å². The molecule has 2 aromatic carbocycles. The monoisotopic (exact) mass is 554 g/mol. The van der Waals surface area contributed by atoms with Gasteiger partial charge in [0.15, 0.2) is 0 Å². The topological polar surface area (TPSA) is 78.6 Å². The van der Waals surface area contributed by atoms with E-state index in [-0.39, 0.29) is 11.5 Å². The molecular weight excluding hydrogens is 521 g/mol. The first-order chi connectivity index (χ1) is 19.2. The van der Waals surface area contributed by atoms with Crippen LogP contribution in [0, 0.1) is 5.82 Å². The van der Waals surface area contributed by atoms with E-state index < -0.39 is 18.1 Å². The number of likely N-dealkylation sites (N-methyl/N-ethyl adjacent to an activating group) is 2. The predicted octanol–water partition coefficient (Wildman–Crippen LogP) is 5.54. The molecule has 0 aliphatic rings. The molecule has 0 N–H and O–H groups in total. The molecule has 0 radical (unpaired) electrons. The third-order valence-electron chi connectivity index (χ3n) is 6.01. The molecular formula is C29H33F3N6O2. The summed E-state index contributed by atoms with van der Waals surface area (Å²) in [5.41, 5.74) is 3.61. The number of rotatable bonds is 11. The summed E-state index contributed by atoms with van der Waals surface area (Å²) in [6.45, 7) is 4.86. The van der Waals surface area contributed by atoms with E-state index in [1.165, 1.54) is 6.07 Å². The molecule has 0 bridgehead atoms. The van der Waals surface area contributed by atoms with Crippen molar-refractivity contribution in [3.05, 3.63) is 84.3 Å². The van der Waals surface area contributed by atoms with Crippen LogP contribution >= 0.6 is 0 Å². The summed E-state index contributed by atoms with van der Waals surface area (Å²) in [7, 11) is 5.86. The lowest BCUT2D eigenvalue weighted by molar-refractivity contribution is -0.118. The third kappa shape index (κ3) is 8.63. The van der Waals surface area contributed by atoms with Crippen LogP contribution in [0.3, 0.4) is 0 Å². The van der Waals surface area contributed by atoms with Crippen molar-refractivity contribution in [3.63, 3.8) is 0 Å². The third-order valence-corrected chi connectivity index (χ3v) is 6.01. The summed E-state index contributed by atoms with van der Waals surface area (Å²) < 4.78 is 44.7. The number of halogens is 3. The van der Waals surface area contributed by atoms with E-state index in [9.17, 15) is 18.0 Å². The number of nitrogens with zero attached hydrogens (tertiary/aromatic N) is 6. The van der Waals surface area contributed by atoms with Gasteiger partial charge in [0.2, 0.25) is 12.3 Å². The minimum atomic E-state index is -2.87. The zero-order valence-electron chi connectivity index (χ0n) is 23.0. The van der Waals surface area contributed by atoms with E-state index in [1.807, 2.05) is 69.4 Å². The number of carbonyl (C=O) groups is 1. The van der Waals surface area contributed by atoms with Crippen molar-refractivity contribution < 1.29 is 22.4 Å². The van der Waals surface area contributed by atoms with E-state index in [0.29, 0.717) is 12.1 Å². The molecule has 0 aliphatic carbocycles. The smallest absolute Gasteiger partial charge is 0.314 e. The number of amides is 1. The molecule has 0 aliphatic heterocycles. The zero-order valence-corrected chi connectivity index (χ0v) is 23.0. The van der Waals surface area contributed by atoms with Crippen molar-refractivity contribution in [2.45, 2.75) is 19.9 Å². The summed E-state index contributed by atoms with van der Waals surface area (Å²) in [6, 6.07) is 16.1. The largest absolute Gasteiger partial charge is 0.415 e. The summed E-state index contributed by atoms with van der Waals surface area (Å²) in [5.74, 6) is -1.42. The average Bonchev–Trinajstić information content (AvgIpc) is 3.46. The predicted molar refractivity (Wildman–Crippen MR) is 148 cm³/mol. The van der Waals surface area contributed by atoms with E-state index >= 15 is 0 Å². The Bertz CT molecular complexity index is 1350. The molecule has 1 amide bonds. The van der Waals surface area contributed by atoms with Crippen LogP contribution in [0.15, 0.2) is 71.4 Å². The Kier molecular flexibility index (Phi) is 11.2. The fourth-order valence-corrected chi connectivity index (χ4v) is 3.67. The van der Waals surface area contributed by atoms with Gasteiger partial charge < -0.3 is 19.1 Å². The van der Waals surface area contributed by atoms with E-state index in [0.717, 1.165) is 42.9 Å². The maximum absolute atomic E-state index is 14.6. The number of carbonyl (C=O) groups excluding carboxylic acids is 1. The Balaban J connectivity index is 0.000000378. The number of anilines is 1. The highest BCUT2D eigenvalue weighted by Crippen LogP contribution is 2.27. The summed E-state index contributed by atoms with van der Waals surface area (Å²) in [5, 5.41) is 6.81. The quantitative estimate of drug-likeness (QED) is 0.225. The zero-order chi connectivity index (χ0) is 29.1. The number of alkyl halides is 2. The number of aromatic nitrogens is 3. The molecule has 0 unspecified atom stereocenters. The van der Waals surface area contributed by atoms with E-state index in [4.69, 9.17) is 4.42 Å². The molecule has 2 aromatic heterocycles. The maximum Gasteiger partial charge on any atom is 0.314 e. The first-order valence-electron chi connectivity index (χ1n) is 12.7. The number of pyridine rings is 1. The van der Waals surface area contributed by atoms with Crippen molar-refractivity contribution in [2.75, 3.05) is 45.7 Å². The molecule has 0 saturated carbocycles. The summed E-state index contributed by atoms with van der Waals surface area (Å²) in [4.78, 5) is 20.1. The number of hydrogen-bond donors (Lipinski definition) is 0. The van der Waals surface area contributed by atoms with Gasteiger partial charge in [0.05, 0.1) is 0 Å². The van der Waals surface area contributed by atoms with Crippen molar-refractivity contribution in [1.82, 2.24) is 25.0 Å². The number of benzene rings is 2. The van der Waals surface area contributed by atoms with Gasteiger partial charge in [-0.05, 0) is 56.9 Å². The van der Waals surface area contributed by atoms with Crippen LogP contribution in [0.4, 0.5) is 18.9 Å². The molecule has 4 aromatic rings. The molecule has 11 heteroatoms. The van der Waals surface area contributed by atoms with Gasteiger partial charge in [-0.15, -0.1) is 10.2 Å². The molecule has 0 spiro atoms. The Hall–Kier alpha value is -4.25. The standard InChI is InChI=1S/C22H17F3N4O.C7H16N2O/c1-29(18-6-2-4-14(10-18)16-5-3-9-26-12-16)13-17-8-7-15(11-19(17)23)21-27-28-22(30-21)20(24)25;1-4-9(7-10)6-5-8(2)3/h2-12,20H,13H2,1H3;7H,4-6H2,1-3H3. The molecule has 2 heterocycles. The van der Waals surface area contributed by atoms with Gasteiger partial charge in [-0.1, -0.05) is 24.3 Å². The van der Waals surface area contributed by atoms with E-state index in [1.54, 1.807) is 29.4 Å². The molecule has 40 heavy (non-hydrogen) atoms. The van der Waals surface area contributed by atoms with Crippen LogP contribution in [0.1, 0.15) is 24.8 Å². The Morgan fingerprint density at radius 1 is 0.950 bits per heavy atom. The van der Waals surface area contributed by atoms with Crippen LogP contribution in [-0.2, 0) is 11.3 Å². The van der Waals surface area contributed by atoms with Crippen molar-refractivity contribution in [3.8, 4) is 22.6 Å². The van der Waals surface area contributed by atoms with Gasteiger partial charge in [0.25, 0.3) is 5.89 Å². The number of hydrogen-bond acceptors (Lipinski definition) is 7. The molecule has 4 rings (SSSR count). The minimum absolute atomic E-state index is 0.145. The summed E-state index contributed by atoms with van der Waals surface area (Å²) >= 11 is 0. The normalized spacial score (nSPS) is 10.8. The molecule has 0 saturated heterocycles. The van der Waals surface area contributed by atoms with Crippen molar-refractivity contribution in [2.24, 2.45) is 0 Å². The lowest BCUT2D eigenvalue weighted by atomic mass is 10.1. The molecule has 0 atom stereocenters. The van der Waals surface area contributed by atoms with Crippen LogP contribution in [0.5, 0.6) is 0 Å². The highest BCUT2D eigenvalue weighted by molar-refractivity contribution is 5.67. The van der Waals surface area contributed by atoms with Crippen LogP contribution in [0.25, 0.3) is 22.6 Å². The minimum Gasteiger partial charge on any atom is -0.415 e. The first-order valence-corrected chi connectivity index (χ1v) is 12.7. The highest BCUT2D eigenvalue weighted by Gasteiger charge is 2.18. The van der Waals surface area contributed by atoms with Crippen LogP contribution in [0.2, 0.25) is 0 Å². The fourth-order valence-electron chi connectivity index (χ4n) is 3.67. The highest BCUT2D eigenvalue weighted by atomic mass is 19.3. The molecule has 212 valence electrons. The second kappa shape index (κ2) is 14.8. The second-order valence-corrected chi connectivity index (χ2v) is 9.24. The summed E-state index contributed by atoms with van der Waals surface area (Å²) in [6.07, 6.45) is 1.53. The maximum atomic E-state index is 14.6. The average molecular weight is 555 g/mol. The van der Waals surface area contributed by atoms with Gasteiger partial charge >= 0.3 is 6.43 Å². The van der Waals surface area contributed by atoms with Gasteiger partial charge in [0.1, 0.15) is 5.82 Å². The van der Waals surface area contributed by atoms with E-state index in [2.05, 4.69) is 20.1 Å². The SMILES string of the molecule is CCN(C=O)CCN(C)C.CN(Cc1ccc(-c2nnc(C(F)F)o2)cc1F)c1cccc(-c2cccnc2)c1. The lowest BCUT2D eigenvalue weighted by Crippen LogP contribution is -2.30. The van der Waals surface area contributed by atoms with Crippen LogP contribution in [-0.4, -0.2) is 72.2 Å². The lowest BCUT2D eigenvalue weighted by Gasteiger charge is -2.20. The Morgan fingerprint density at radius 2 is 1.73 bits per heavy atom. The van der Waals surface area contributed by atoms with Crippen LogP contribution < -0.4 is 4.90 Å². The molecule has 8 nitrogen and oxygen atoms in total. The van der Waals surface area contributed by atoms with Crippen molar-refractivity contribution in [1.29, 1.82) is 0 Å². The Labute approximate surface area is 232 Å². The second-order valence-electron chi connectivity index (χ2n) is 9.24. The van der Waals surface area contributed by atoms with Gasteiger partial charge in [-0.25, -0.2) is 4.39 Å². The Morgan fingerprint density at radius 3 is 2.33 bits per heavy atom.